The van der Waals surface area contributed by atoms with Gasteiger partial charge in [0.2, 0.25) is 0 Å². The molecule has 0 heterocycles. The van der Waals surface area contributed by atoms with Crippen LogP contribution in [0.3, 0.4) is 0 Å². The van der Waals surface area contributed by atoms with Crippen LogP contribution in [0.4, 0.5) is 5.69 Å². The van der Waals surface area contributed by atoms with Crippen molar-refractivity contribution in [2.24, 2.45) is 0 Å². The van der Waals surface area contributed by atoms with Crippen molar-refractivity contribution in [3.05, 3.63) is 57.6 Å². The minimum absolute atomic E-state index is 0.0891. The molecule has 0 amide bonds. The van der Waals surface area contributed by atoms with Crippen molar-refractivity contribution in [2.75, 3.05) is 7.11 Å². The van der Waals surface area contributed by atoms with Crippen LogP contribution in [-0.2, 0) is 6.42 Å². The summed E-state index contributed by atoms with van der Waals surface area (Å²) in [5, 5.41) is 11.2. The number of rotatable bonds is 2. The molecule has 0 unspecified atom stereocenters. The average molecular weight is 241 g/mol. The van der Waals surface area contributed by atoms with Crippen molar-refractivity contribution in [1.29, 1.82) is 0 Å². The standard InChI is InChI=1S/C14H11NO3/c1-18-13-7-6-11-10-5-3-2-4-9(10)8-12(11)14(13)15(16)17/h2-7H,8H2,1H3. The molecule has 0 bridgehead atoms. The highest BCUT2D eigenvalue weighted by Crippen LogP contribution is 2.44. The second-order valence-corrected chi connectivity index (χ2v) is 4.23. The normalized spacial score (nSPS) is 11.8. The summed E-state index contributed by atoms with van der Waals surface area (Å²) in [7, 11) is 1.46. The Hall–Kier alpha value is -2.36. The summed E-state index contributed by atoms with van der Waals surface area (Å²) in [4.78, 5) is 10.9. The molecule has 0 saturated heterocycles. The van der Waals surface area contributed by atoms with Gasteiger partial charge in [-0.1, -0.05) is 24.3 Å². The fourth-order valence-corrected chi connectivity index (χ4v) is 2.54. The first-order valence-corrected chi connectivity index (χ1v) is 5.65. The van der Waals surface area contributed by atoms with Gasteiger partial charge in [-0.2, -0.15) is 0 Å². The average Bonchev–Trinajstić information content (AvgIpc) is 2.75. The number of benzene rings is 2. The molecule has 0 saturated carbocycles. The smallest absolute Gasteiger partial charge is 0.315 e. The Morgan fingerprint density at radius 2 is 1.94 bits per heavy atom. The Morgan fingerprint density at radius 1 is 1.17 bits per heavy atom. The molecule has 1 aliphatic rings. The number of nitro benzene ring substituents is 1. The highest BCUT2D eigenvalue weighted by atomic mass is 16.6. The molecular formula is C14H11NO3. The van der Waals surface area contributed by atoms with E-state index in [1.54, 1.807) is 6.07 Å². The van der Waals surface area contributed by atoms with Crippen molar-refractivity contribution in [2.45, 2.75) is 6.42 Å². The van der Waals surface area contributed by atoms with Crippen LogP contribution < -0.4 is 4.74 Å². The van der Waals surface area contributed by atoms with Crippen LogP contribution in [0.15, 0.2) is 36.4 Å². The zero-order valence-corrected chi connectivity index (χ0v) is 9.84. The minimum Gasteiger partial charge on any atom is -0.490 e. The molecule has 2 aromatic rings. The Morgan fingerprint density at radius 3 is 2.67 bits per heavy atom. The zero-order chi connectivity index (χ0) is 12.7. The number of hydrogen-bond acceptors (Lipinski definition) is 3. The van der Waals surface area contributed by atoms with Gasteiger partial charge < -0.3 is 4.74 Å². The summed E-state index contributed by atoms with van der Waals surface area (Å²) in [5.41, 5.74) is 3.99. The maximum atomic E-state index is 11.2. The Labute approximate surface area is 104 Å². The summed E-state index contributed by atoms with van der Waals surface area (Å²) in [6, 6.07) is 11.5. The molecule has 90 valence electrons. The van der Waals surface area contributed by atoms with E-state index in [4.69, 9.17) is 4.74 Å². The number of hydrogen-bond donors (Lipinski definition) is 0. The quantitative estimate of drug-likeness (QED) is 0.511. The number of nitrogens with zero attached hydrogens (tertiary/aromatic N) is 1. The van der Waals surface area contributed by atoms with E-state index in [2.05, 4.69) is 0 Å². The monoisotopic (exact) mass is 241 g/mol. The number of nitro groups is 1. The summed E-state index contributed by atoms with van der Waals surface area (Å²) < 4.78 is 5.09. The molecule has 0 atom stereocenters. The van der Waals surface area contributed by atoms with Gasteiger partial charge in [0, 0.05) is 12.0 Å². The van der Waals surface area contributed by atoms with Crippen molar-refractivity contribution >= 4 is 5.69 Å². The third kappa shape index (κ3) is 1.39. The minimum atomic E-state index is -0.358. The molecule has 3 rings (SSSR count). The molecule has 0 spiro atoms. The van der Waals surface area contributed by atoms with Gasteiger partial charge in [0.1, 0.15) is 0 Å². The summed E-state index contributed by atoms with van der Waals surface area (Å²) in [6.07, 6.45) is 0.596. The van der Waals surface area contributed by atoms with Crippen LogP contribution in [0.5, 0.6) is 5.75 Å². The first-order chi connectivity index (χ1) is 8.72. The van der Waals surface area contributed by atoms with Crippen LogP contribution in [0.2, 0.25) is 0 Å². The Kier molecular flexibility index (Phi) is 2.30. The van der Waals surface area contributed by atoms with Gasteiger partial charge in [0.05, 0.1) is 12.0 Å². The van der Waals surface area contributed by atoms with Crippen molar-refractivity contribution < 1.29 is 9.66 Å². The molecule has 1 aliphatic carbocycles. The fraction of sp³-hybridized carbons (Fsp3) is 0.143. The van der Waals surface area contributed by atoms with E-state index in [0.29, 0.717) is 12.2 Å². The lowest BCUT2D eigenvalue weighted by Crippen LogP contribution is -1.98. The maximum Gasteiger partial charge on any atom is 0.315 e. The van der Waals surface area contributed by atoms with Crippen molar-refractivity contribution in [1.82, 2.24) is 0 Å². The largest absolute Gasteiger partial charge is 0.490 e. The highest BCUT2D eigenvalue weighted by molar-refractivity contribution is 5.82. The fourth-order valence-electron chi connectivity index (χ4n) is 2.54. The third-order valence-electron chi connectivity index (χ3n) is 3.32. The first-order valence-electron chi connectivity index (χ1n) is 5.65. The predicted molar refractivity (Wildman–Crippen MR) is 67.9 cm³/mol. The van der Waals surface area contributed by atoms with Gasteiger partial charge >= 0.3 is 5.69 Å². The lowest BCUT2D eigenvalue weighted by Gasteiger charge is -2.06. The van der Waals surface area contributed by atoms with Crippen LogP contribution in [0.25, 0.3) is 11.1 Å². The van der Waals surface area contributed by atoms with Gasteiger partial charge in [-0.25, -0.2) is 0 Å². The number of ether oxygens (including phenoxy) is 1. The molecule has 2 aromatic carbocycles. The van der Waals surface area contributed by atoms with Crippen LogP contribution in [0, 0.1) is 10.1 Å². The van der Waals surface area contributed by atoms with Gasteiger partial charge in [-0.3, -0.25) is 10.1 Å². The molecule has 0 aliphatic heterocycles. The van der Waals surface area contributed by atoms with E-state index in [1.807, 2.05) is 30.3 Å². The first kappa shape index (κ1) is 10.8. The van der Waals surface area contributed by atoms with Crippen LogP contribution in [0.1, 0.15) is 11.1 Å². The summed E-state index contributed by atoms with van der Waals surface area (Å²) in [6.45, 7) is 0. The van der Waals surface area contributed by atoms with E-state index in [0.717, 1.165) is 22.3 Å². The Balaban J connectivity index is 2.28. The van der Waals surface area contributed by atoms with Crippen molar-refractivity contribution in [3.8, 4) is 16.9 Å². The van der Waals surface area contributed by atoms with E-state index in [9.17, 15) is 10.1 Å². The number of methoxy groups -OCH3 is 1. The van der Waals surface area contributed by atoms with E-state index < -0.39 is 0 Å². The summed E-state index contributed by atoms with van der Waals surface area (Å²) >= 11 is 0. The van der Waals surface area contributed by atoms with Crippen LogP contribution in [-0.4, -0.2) is 12.0 Å². The van der Waals surface area contributed by atoms with Crippen LogP contribution >= 0.6 is 0 Å². The van der Waals surface area contributed by atoms with Crippen molar-refractivity contribution in [3.63, 3.8) is 0 Å². The molecule has 0 N–H and O–H groups in total. The molecule has 4 nitrogen and oxygen atoms in total. The van der Waals surface area contributed by atoms with E-state index >= 15 is 0 Å². The molecular weight excluding hydrogens is 230 g/mol. The SMILES string of the molecule is COc1ccc2c(c1[N+](=O)[O-])Cc1ccccc1-2. The molecule has 0 fully saturated rings. The van der Waals surface area contributed by atoms with Gasteiger partial charge in [0.15, 0.2) is 5.75 Å². The molecule has 18 heavy (non-hydrogen) atoms. The van der Waals surface area contributed by atoms with Gasteiger partial charge in [0.25, 0.3) is 0 Å². The molecule has 0 radical (unpaired) electrons. The second kappa shape index (κ2) is 3.84. The van der Waals surface area contributed by atoms with Gasteiger partial charge in [-0.05, 0) is 28.8 Å². The highest BCUT2D eigenvalue weighted by Gasteiger charge is 2.29. The van der Waals surface area contributed by atoms with E-state index in [-0.39, 0.29) is 10.6 Å². The zero-order valence-electron chi connectivity index (χ0n) is 9.84. The molecule has 4 heteroatoms. The van der Waals surface area contributed by atoms with Gasteiger partial charge in [-0.15, -0.1) is 0 Å². The van der Waals surface area contributed by atoms with E-state index in [1.165, 1.54) is 7.11 Å². The lowest BCUT2D eigenvalue weighted by atomic mass is 10.0. The summed E-state index contributed by atoms with van der Waals surface area (Å²) in [5.74, 6) is 0.326. The second-order valence-electron chi connectivity index (χ2n) is 4.23. The molecule has 0 aromatic heterocycles. The third-order valence-corrected chi connectivity index (χ3v) is 3.32. The number of fused-ring (bicyclic) bond motifs is 3. The lowest BCUT2D eigenvalue weighted by molar-refractivity contribution is -0.386. The Bertz CT molecular complexity index is 649. The maximum absolute atomic E-state index is 11.2. The topological polar surface area (TPSA) is 52.4 Å². The predicted octanol–water partition coefficient (Wildman–Crippen LogP) is 3.17.